The van der Waals surface area contributed by atoms with Crippen LogP contribution in [0.4, 0.5) is 0 Å². The Morgan fingerprint density at radius 2 is 2.12 bits per heavy atom. The van der Waals surface area contributed by atoms with Gasteiger partial charge in [-0.05, 0) is 24.7 Å². The molecule has 0 amide bonds. The van der Waals surface area contributed by atoms with Crippen LogP contribution in [0.25, 0.3) is 0 Å². The van der Waals surface area contributed by atoms with Crippen molar-refractivity contribution in [2.24, 2.45) is 22.4 Å². The van der Waals surface area contributed by atoms with Crippen molar-refractivity contribution in [2.45, 2.75) is 20.2 Å². The molecule has 6 heteroatoms. The van der Waals surface area contributed by atoms with Crippen LogP contribution in [-0.2, 0) is 25.9 Å². The molecule has 1 unspecified atom stereocenters. The zero-order valence-electron chi connectivity index (χ0n) is 10.7. The summed E-state index contributed by atoms with van der Waals surface area (Å²) in [5, 5.41) is 2.68. The molecule has 0 aliphatic heterocycles. The third kappa shape index (κ3) is 23.3. The Bertz CT molecular complexity index is 208. The fourth-order valence-electron chi connectivity index (χ4n) is 0.621. The first kappa shape index (κ1) is 17.8. The molecule has 94 valence electrons. The van der Waals surface area contributed by atoms with Crippen molar-refractivity contribution in [2.75, 3.05) is 13.1 Å². The number of nitrogens with zero attached hydrogens (tertiary/aromatic N) is 1. The van der Waals surface area contributed by atoms with Gasteiger partial charge in [0.05, 0.1) is 0 Å². The molecule has 0 aliphatic rings. The van der Waals surface area contributed by atoms with Gasteiger partial charge in [-0.2, -0.15) is 0 Å². The van der Waals surface area contributed by atoms with E-state index in [0.717, 1.165) is 6.54 Å². The maximum absolute atomic E-state index is 10.6. The molecule has 1 atom stereocenters. The maximum Gasteiger partial charge on any atom is 2.00 e. The zero-order valence-corrected chi connectivity index (χ0v) is 12.7. The predicted octanol–water partition coefficient (Wildman–Crippen LogP) is 0.0742. The van der Waals surface area contributed by atoms with E-state index in [-0.39, 0.29) is 52.0 Å². The van der Waals surface area contributed by atoms with Crippen LogP contribution in [0.15, 0.2) is 4.99 Å². The average molecular weight is 399 g/mol. The largest absolute Gasteiger partial charge is 2.00 e. The summed E-state index contributed by atoms with van der Waals surface area (Å²) < 4.78 is 7.07. The molecule has 5 N–H and O–H groups in total. The van der Waals surface area contributed by atoms with Crippen LogP contribution >= 0.6 is 0 Å². The minimum Gasteiger partial charge on any atom is -0.473 e. The smallest absolute Gasteiger partial charge is 0.473 e. The van der Waals surface area contributed by atoms with Crippen LogP contribution in [0.2, 0.25) is 0 Å². The molecule has 0 spiro atoms. The first-order valence-electron chi connectivity index (χ1n) is 5.37. The van der Waals surface area contributed by atoms with Crippen LogP contribution in [0.5, 0.6) is 0 Å². The monoisotopic (exact) mass is 399 g/mol. The summed E-state index contributed by atoms with van der Waals surface area (Å²) in [6.07, 6.45) is 0.264. The van der Waals surface area contributed by atoms with Crippen LogP contribution in [-0.4, -0.2) is 24.8 Å². The quantitative estimate of drug-likeness (QED) is 0.347. The number of hydrogen-bond acceptors (Lipinski definition) is 3. The van der Waals surface area contributed by atoms with Crippen LogP contribution in [0.1, 0.15) is 21.6 Å². The van der Waals surface area contributed by atoms with Gasteiger partial charge in [-0.1, -0.05) is 13.8 Å². The molecular weight excluding hydrogens is 376 g/mol. The number of aliphatic imine (C=N–C) groups is 1. The van der Waals surface area contributed by atoms with Gasteiger partial charge in [0.15, 0.2) is 5.96 Å². The Morgan fingerprint density at radius 3 is 2.38 bits per heavy atom. The summed E-state index contributed by atoms with van der Waals surface area (Å²) in [5.41, 5.74) is 10.2. The van der Waals surface area contributed by atoms with Gasteiger partial charge in [0, 0.05) is 7.92 Å². The van der Waals surface area contributed by atoms with Gasteiger partial charge < -0.3 is 28.5 Å². The molecule has 0 saturated heterocycles. The van der Waals surface area contributed by atoms with E-state index in [1.165, 1.54) is 0 Å². The van der Waals surface area contributed by atoms with Crippen molar-refractivity contribution in [1.29, 1.82) is 0 Å². The average Bonchev–Trinajstić information content (AvgIpc) is 2.23. The second-order valence-electron chi connectivity index (χ2n) is 2.98. The second kappa shape index (κ2) is 14.5. The normalized spacial score (nSPS) is 11.0. The molecule has 0 aliphatic carbocycles. The fourth-order valence-corrected chi connectivity index (χ4v) is 0.621. The van der Waals surface area contributed by atoms with Gasteiger partial charge in [-0.3, -0.25) is 12.0 Å². The molecule has 0 aromatic heterocycles. The van der Waals surface area contributed by atoms with E-state index < -0.39 is 0 Å². The molecule has 0 aromatic rings. The number of ketones is 1. The van der Waals surface area contributed by atoms with Gasteiger partial charge in [0.25, 0.3) is 0 Å². The summed E-state index contributed by atoms with van der Waals surface area (Å²) in [4.78, 5) is 14.3. The van der Waals surface area contributed by atoms with Crippen molar-refractivity contribution in [3.8, 4) is 0 Å². The number of nitrogens with two attached hydrogens (primary N) is 2. The molecule has 0 saturated carbocycles. The Balaban J connectivity index is -0.000000340. The maximum atomic E-state index is 10.6. The molecule has 0 aromatic carbocycles. The molecule has 0 radical (unpaired) electrons. The molecule has 0 fully saturated rings. The van der Waals surface area contributed by atoms with E-state index >= 15 is 0 Å². The molecule has 5 nitrogen and oxygen atoms in total. The van der Waals surface area contributed by atoms with Gasteiger partial charge in [0.1, 0.15) is 0 Å². The molecular formula is C10H22N4OW. The Kier molecular flexibility index (Phi) is 16.1. The molecule has 0 rings (SSSR count). The number of carbonyl (C=O) groups is 1. The topological polar surface area (TPSA) is 93.5 Å². The SMILES string of the molecule is [2H]CC(CN=C(N)N)CC([CH2-])=O.[CH2-]NCC.[W+2]. The van der Waals surface area contributed by atoms with Crippen LogP contribution in [0.3, 0.4) is 0 Å². The van der Waals surface area contributed by atoms with Crippen molar-refractivity contribution in [1.82, 2.24) is 5.32 Å². The van der Waals surface area contributed by atoms with E-state index in [0.29, 0.717) is 6.54 Å². The predicted molar refractivity (Wildman–Crippen MR) is 63.9 cm³/mol. The summed E-state index contributed by atoms with van der Waals surface area (Å²) in [7, 11) is 3.35. The first-order valence-corrected chi connectivity index (χ1v) is 4.67. The summed E-state index contributed by atoms with van der Waals surface area (Å²) in [6, 6.07) is 0. The number of carbonyl (C=O) groups excluding carboxylic acids is 1. The van der Waals surface area contributed by atoms with Crippen molar-refractivity contribution in [3.05, 3.63) is 14.0 Å². The van der Waals surface area contributed by atoms with Crippen molar-refractivity contribution in [3.63, 3.8) is 0 Å². The van der Waals surface area contributed by atoms with Gasteiger partial charge in [0.2, 0.25) is 0 Å². The number of guanidine groups is 1. The number of rotatable bonds is 5. The third-order valence-corrected chi connectivity index (χ3v) is 1.30. The first-order chi connectivity index (χ1) is 7.47. The van der Waals surface area contributed by atoms with Gasteiger partial charge in [-0.15, -0.1) is 0 Å². The molecule has 0 heterocycles. The molecule has 16 heavy (non-hydrogen) atoms. The minimum atomic E-state index is -0.182. The fraction of sp³-hybridized carbons (Fsp3) is 0.600. The van der Waals surface area contributed by atoms with Crippen molar-refractivity contribution < 1.29 is 27.2 Å². The number of hydrogen-bond donors (Lipinski definition) is 3. The van der Waals surface area contributed by atoms with Crippen LogP contribution < -0.4 is 16.8 Å². The number of nitrogens with one attached hydrogen (secondary N) is 1. The molecule has 0 bridgehead atoms. The van der Waals surface area contributed by atoms with Gasteiger partial charge in [-0.25, -0.2) is 0 Å². The van der Waals surface area contributed by atoms with Crippen molar-refractivity contribution >= 4 is 11.7 Å². The summed E-state index contributed by atoms with van der Waals surface area (Å²) in [5.74, 6) is -0.305. The Labute approximate surface area is 114 Å². The van der Waals surface area contributed by atoms with E-state index in [9.17, 15) is 4.79 Å². The third-order valence-electron chi connectivity index (χ3n) is 1.30. The Hall–Kier alpha value is -0.542. The number of Topliss-reactive ketones (excluding diaryl/α,β-unsaturated/α-hetero) is 1. The second-order valence-corrected chi connectivity index (χ2v) is 2.98. The van der Waals surface area contributed by atoms with E-state index in [1.54, 1.807) is 0 Å². The van der Waals surface area contributed by atoms with Crippen LogP contribution in [0, 0.1) is 19.9 Å². The van der Waals surface area contributed by atoms with Gasteiger partial charge >= 0.3 is 21.1 Å². The zero-order chi connectivity index (χ0) is 13.0. The van der Waals surface area contributed by atoms with E-state index in [1.807, 2.05) is 6.92 Å². The van der Waals surface area contributed by atoms with E-state index in [4.69, 9.17) is 12.8 Å². The summed E-state index contributed by atoms with van der Waals surface area (Å²) in [6.45, 7) is 6.65. The standard InChI is InChI=1S/C7H14N3O.C3H8N.W/c1-5(3-6(2)11)4-10-7(8)9;1-3-4-2;/h5H,2-4H2,1H3,(H4,8,9,10);4H,2-3H2,1H3;/q2*-1;+2/i1D;;. The Morgan fingerprint density at radius 1 is 1.62 bits per heavy atom. The summed E-state index contributed by atoms with van der Waals surface area (Å²) >= 11 is 0. The van der Waals surface area contributed by atoms with E-state index in [2.05, 4.69) is 24.3 Å². The minimum absolute atomic E-state index is 0.